The van der Waals surface area contributed by atoms with Gasteiger partial charge in [-0.15, -0.1) is 0 Å². The van der Waals surface area contributed by atoms with Crippen molar-refractivity contribution in [2.24, 2.45) is 0 Å². The standard InChI is InChI=1S/C20H16N4O5/c25-15-10-14(19(27)28)16-17(22-15)23-20(24-18(16)26)21-11-6-8-13(9-7-11)29-12-4-2-1-3-5-12/h1-9,14H,10H2,(H,27,28)(H3,21,22,23,24,25,26)/t14-/m1/s1. The summed E-state index contributed by atoms with van der Waals surface area (Å²) < 4.78 is 5.72. The number of aromatic nitrogens is 2. The summed E-state index contributed by atoms with van der Waals surface area (Å²) in [7, 11) is 0. The molecule has 2 heterocycles. The van der Waals surface area contributed by atoms with Gasteiger partial charge in [-0.3, -0.25) is 19.4 Å². The molecular formula is C20H16N4O5. The summed E-state index contributed by atoms with van der Waals surface area (Å²) in [6, 6.07) is 16.3. The number of ether oxygens (including phenoxy) is 1. The maximum Gasteiger partial charge on any atom is 0.311 e. The van der Waals surface area contributed by atoms with Gasteiger partial charge in [-0.1, -0.05) is 18.2 Å². The average Bonchev–Trinajstić information content (AvgIpc) is 2.69. The molecule has 0 saturated heterocycles. The highest BCUT2D eigenvalue weighted by Gasteiger charge is 2.34. The molecule has 0 aliphatic carbocycles. The summed E-state index contributed by atoms with van der Waals surface area (Å²) in [5.74, 6) is -1.61. The van der Waals surface area contributed by atoms with E-state index in [0.29, 0.717) is 17.2 Å². The number of carbonyl (C=O) groups is 2. The van der Waals surface area contributed by atoms with Gasteiger partial charge in [0.05, 0.1) is 11.5 Å². The van der Waals surface area contributed by atoms with Crippen LogP contribution in [-0.2, 0) is 9.59 Å². The Morgan fingerprint density at radius 2 is 1.76 bits per heavy atom. The molecule has 9 heteroatoms. The molecule has 4 rings (SSSR count). The number of aliphatic carboxylic acids is 1. The molecule has 146 valence electrons. The quantitative estimate of drug-likeness (QED) is 0.525. The van der Waals surface area contributed by atoms with Crippen molar-refractivity contribution >= 4 is 29.3 Å². The lowest BCUT2D eigenvalue weighted by molar-refractivity contribution is -0.140. The van der Waals surface area contributed by atoms with Crippen LogP contribution in [0.4, 0.5) is 17.5 Å². The van der Waals surface area contributed by atoms with Gasteiger partial charge in [0, 0.05) is 12.1 Å². The third-order valence-electron chi connectivity index (χ3n) is 4.35. The Labute approximate surface area is 164 Å². The van der Waals surface area contributed by atoms with Crippen LogP contribution in [-0.4, -0.2) is 27.0 Å². The number of carboxylic acids is 1. The number of rotatable bonds is 5. The second-order valence-electron chi connectivity index (χ2n) is 6.38. The van der Waals surface area contributed by atoms with E-state index in [4.69, 9.17) is 4.74 Å². The topological polar surface area (TPSA) is 133 Å². The molecule has 1 atom stereocenters. The summed E-state index contributed by atoms with van der Waals surface area (Å²) in [6.45, 7) is 0. The van der Waals surface area contributed by atoms with Gasteiger partial charge < -0.3 is 20.5 Å². The fourth-order valence-corrected chi connectivity index (χ4v) is 3.01. The minimum atomic E-state index is -1.25. The van der Waals surface area contributed by atoms with E-state index in [-0.39, 0.29) is 23.8 Å². The summed E-state index contributed by atoms with van der Waals surface area (Å²) in [6.07, 6.45) is -0.303. The van der Waals surface area contributed by atoms with Crippen LogP contribution >= 0.6 is 0 Å². The molecule has 2 aromatic carbocycles. The van der Waals surface area contributed by atoms with Crippen LogP contribution in [0.3, 0.4) is 0 Å². The Hall–Kier alpha value is -4.14. The number of hydrogen-bond acceptors (Lipinski definition) is 6. The second-order valence-corrected chi connectivity index (χ2v) is 6.38. The number of hydrogen-bond donors (Lipinski definition) is 4. The Morgan fingerprint density at radius 1 is 1.07 bits per heavy atom. The summed E-state index contributed by atoms with van der Waals surface area (Å²) >= 11 is 0. The number of carbonyl (C=O) groups excluding carboxylic acids is 1. The lowest BCUT2D eigenvalue weighted by Gasteiger charge is -2.21. The fourth-order valence-electron chi connectivity index (χ4n) is 3.01. The number of aromatic amines is 1. The van der Waals surface area contributed by atoms with Crippen LogP contribution in [0.5, 0.6) is 11.5 Å². The van der Waals surface area contributed by atoms with Crippen LogP contribution < -0.4 is 20.9 Å². The van der Waals surface area contributed by atoms with Gasteiger partial charge in [0.15, 0.2) is 0 Å². The molecule has 0 spiro atoms. The number of anilines is 3. The SMILES string of the molecule is O=C1C[C@@H](C(=O)O)c2c(nc(Nc3ccc(Oc4ccccc4)cc3)[nH]c2=O)N1. The fraction of sp³-hybridized carbons (Fsp3) is 0.100. The van der Waals surface area contributed by atoms with Gasteiger partial charge in [0.2, 0.25) is 11.9 Å². The van der Waals surface area contributed by atoms with Crippen molar-refractivity contribution < 1.29 is 19.4 Å². The van der Waals surface area contributed by atoms with Crippen LogP contribution in [0.25, 0.3) is 0 Å². The maximum absolute atomic E-state index is 12.4. The van der Waals surface area contributed by atoms with Gasteiger partial charge in [0.1, 0.15) is 17.3 Å². The molecule has 3 aromatic rings. The molecule has 1 amide bonds. The van der Waals surface area contributed by atoms with Gasteiger partial charge in [0.25, 0.3) is 5.56 Å². The minimum absolute atomic E-state index is 0.0519. The highest BCUT2D eigenvalue weighted by Crippen LogP contribution is 2.29. The number of nitrogens with zero attached hydrogens (tertiary/aromatic N) is 1. The zero-order valence-corrected chi connectivity index (χ0v) is 15.0. The van der Waals surface area contributed by atoms with E-state index in [1.165, 1.54) is 0 Å². The van der Waals surface area contributed by atoms with E-state index in [1.807, 2.05) is 30.3 Å². The van der Waals surface area contributed by atoms with Gasteiger partial charge in [-0.05, 0) is 36.4 Å². The first-order valence-electron chi connectivity index (χ1n) is 8.76. The number of para-hydroxylation sites is 1. The number of amides is 1. The van der Waals surface area contributed by atoms with E-state index in [9.17, 15) is 19.5 Å². The molecule has 1 aliphatic rings. The van der Waals surface area contributed by atoms with E-state index >= 15 is 0 Å². The first-order chi connectivity index (χ1) is 14.0. The minimum Gasteiger partial charge on any atom is -0.481 e. The maximum atomic E-state index is 12.4. The monoisotopic (exact) mass is 392 g/mol. The molecule has 1 aromatic heterocycles. The molecule has 1 aliphatic heterocycles. The van der Waals surface area contributed by atoms with Crippen LogP contribution in [0.15, 0.2) is 59.4 Å². The molecule has 29 heavy (non-hydrogen) atoms. The van der Waals surface area contributed by atoms with Crippen LogP contribution in [0.1, 0.15) is 17.9 Å². The lowest BCUT2D eigenvalue weighted by atomic mass is 9.94. The van der Waals surface area contributed by atoms with Gasteiger partial charge in [-0.25, -0.2) is 0 Å². The van der Waals surface area contributed by atoms with Crippen molar-refractivity contribution in [1.29, 1.82) is 0 Å². The first kappa shape index (κ1) is 18.2. The van der Waals surface area contributed by atoms with Crippen molar-refractivity contribution in [3.63, 3.8) is 0 Å². The molecule has 0 saturated carbocycles. The van der Waals surface area contributed by atoms with Gasteiger partial charge in [-0.2, -0.15) is 4.98 Å². The smallest absolute Gasteiger partial charge is 0.311 e. The third-order valence-corrected chi connectivity index (χ3v) is 4.35. The Morgan fingerprint density at radius 3 is 2.45 bits per heavy atom. The van der Waals surface area contributed by atoms with E-state index < -0.39 is 23.4 Å². The Balaban J connectivity index is 1.55. The average molecular weight is 392 g/mol. The first-order valence-corrected chi connectivity index (χ1v) is 8.76. The van der Waals surface area contributed by atoms with Crippen molar-refractivity contribution in [1.82, 2.24) is 9.97 Å². The van der Waals surface area contributed by atoms with Crippen molar-refractivity contribution in [3.05, 3.63) is 70.5 Å². The third kappa shape index (κ3) is 3.93. The lowest BCUT2D eigenvalue weighted by Crippen LogP contribution is -2.34. The largest absolute Gasteiger partial charge is 0.481 e. The molecule has 0 bridgehead atoms. The van der Waals surface area contributed by atoms with Crippen molar-refractivity contribution in [2.45, 2.75) is 12.3 Å². The number of fused-ring (bicyclic) bond motifs is 1. The number of carboxylic acid groups (broad SMARTS) is 1. The zero-order valence-electron chi connectivity index (χ0n) is 15.0. The molecule has 9 nitrogen and oxygen atoms in total. The molecular weight excluding hydrogens is 376 g/mol. The Bertz CT molecular complexity index is 1130. The van der Waals surface area contributed by atoms with E-state index in [0.717, 1.165) is 0 Å². The van der Waals surface area contributed by atoms with Crippen LogP contribution in [0.2, 0.25) is 0 Å². The molecule has 0 unspecified atom stereocenters. The predicted octanol–water partition coefficient (Wildman–Crippen LogP) is 2.82. The zero-order chi connectivity index (χ0) is 20.4. The Kier molecular flexibility index (Phi) is 4.70. The molecule has 4 N–H and O–H groups in total. The highest BCUT2D eigenvalue weighted by molar-refractivity contribution is 5.98. The highest BCUT2D eigenvalue weighted by atomic mass is 16.5. The number of benzene rings is 2. The summed E-state index contributed by atoms with van der Waals surface area (Å²) in [4.78, 5) is 42.2. The van der Waals surface area contributed by atoms with Crippen molar-refractivity contribution in [2.75, 3.05) is 10.6 Å². The predicted molar refractivity (Wildman–Crippen MR) is 105 cm³/mol. The summed E-state index contributed by atoms with van der Waals surface area (Å²) in [5, 5.41) is 14.7. The van der Waals surface area contributed by atoms with E-state index in [2.05, 4.69) is 20.6 Å². The number of H-pyrrole nitrogens is 1. The molecule has 0 radical (unpaired) electrons. The van der Waals surface area contributed by atoms with E-state index in [1.54, 1.807) is 24.3 Å². The van der Waals surface area contributed by atoms with Crippen LogP contribution in [0, 0.1) is 0 Å². The molecule has 0 fully saturated rings. The van der Waals surface area contributed by atoms with Gasteiger partial charge >= 0.3 is 5.97 Å². The van der Waals surface area contributed by atoms with Crippen molar-refractivity contribution in [3.8, 4) is 11.5 Å². The second kappa shape index (κ2) is 7.47. The summed E-state index contributed by atoms with van der Waals surface area (Å²) in [5.41, 5.74) is -0.0615. The number of nitrogens with one attached hydrogen (secondary N) is 3. The normalized spacial score (nSPS) is 15.2.